The molecule has 4 rings (SSSR count). The van der Waals surface area contributed by atoms with E-state index in [0.29, 0.717) is 17.1 Å². The van der Waals surface area contributed by atoms with Gasteiger partial charge in [0, 0.05) is 24.0 Å². The fourth-order valence-corrected chi connectivity index (χ4v) is 6.74. The number of hydrogen-bond acceptors (Lipinski definition) is 4. The minimum atomic E-state index is -4.18. The minimum Gasteiger partial charge on any atom is -0.352 e. The zero-order chi connectivity index (χ0) is 33.4. The van der Waals surface area contributed by atoms with Crippen LogP contribution in [-0.4, -0.2) is 43.8 Å². The normalized spacial score (nSPS) is 12.7. The van der Waals surface area contributed by atoms with E-state index < -0.39 is 28.5 Å². The van der Waals surface area contributed by atoms with E-state index in [-0.39, 0.29) is 29.8 Å². The van der Waals surface area contributed by atoms with Crippen molar-refractivity contribution in [1.82, 2.24) is 10.2 Å². The van der Waals surface area contributed by atoms with Crippen molar-refractivity contribution in [2.75, 3.05) is 10.8 Å². The molecule has 9 heteroatoms. The quantitative estimate of drug-likeness (QED) is 0.167. The summed E-state index contributed by atoms with van der Waals surface area (Å²) in [7, 11) is -4.18. The first kappa shape index (κ1) is 34.7. The van der Waals surface area contributed by atoms with Crippen molar-refractivity contribution in [3.63, 3.8) is 0 Å². The van der Waals surface area contributed by atoms with Gasteiger partial charge >= 0.3 is 0 Å². The second kappa shape index (κ2) is 15.4. The molecule has 0 aliphatic rings. The number of carbonyl (C=O) groups is 2. The molecule has 4 aromatic carbocycles. The standard InChI is InChI=1S/C37H42ClN3O4S/c1-6-28(4)39-37(43)35(23-30-12-8-7-9-13-30)40(24-31-17-19-32(38)20-18-31)36(42)25-41(34-14-10-11-27(3)29(34)5)46(44,45)33-21-15-26(2)16-22-33/h7-22,28,35H,6,23-25H2,1-5H3,(H,39,43)/t28-,35-/m1/s1. The molecule has 0 fully saturated rings. The van der Waals surface area contributed by atoms with Crippen LogP contribution in [0.1, 0.15) is 48.1 Å². The molecule has 46 heavy (non-hydrogen) atoms. The molecule has 2 amide bonds. The molecule has 0 saturated heterocycles. The second-order valence-electron chi connectivity index (χ2n) is 11.7. The van der Waals surface area contributed by atoms with Gasteiger partial charge in [0.15, 0.2) is 0 Å². The molecule has 0 radical (unpaired) electrons. The van der Waals surface area contributed by atoms with Gasteiger partial charge < -0.3 is 10.2 Å². The maximum Gasteiger partial charge on any atom is 0.264 e. The lowest BCUT2D eigenvalue weighted by atomic mass is 10.0. The summed E-state index contributed by atoms with van der Waals surface area (Å²) in [6.07, 6.45) is 0.959. The van der Waals surface area contributed by atoms with Crippen LogP contribution < -0.4 is 9.62 Å². The maximum absolute atomic E-state index is 14.6. The van der Waals surface area contributed by atoms with Crippen molar-refractivity contribution in [2.24, 2.45) is 0 Å². The number of hydrogen-bond donors (Lipinski definition) is 1. The first-order valence-electron chi connectivity index (χ1n) is 15.4. The fraction of sp³-hybridized carbons (Fsp3) is 0.297. The zero-order valence-electron chi connectivity index (χ0n) is 27.0. The molecule has 0 saturated carbocycles. The van der Waals surface area contributed by atoms with Crippen molar-refractivity contribution in [2.45, 2.75) is 71.0 Å². The molecule has 0 aromatic heterocycles. The van der Waals surface area contributed by atoms with Crippen LogP contribution in [0, 0.1) is 20.8 Å². The predicted molar refractivity (Wildman–Crippen MR) is 185 cm³/mol. The first-order chi connectivity index (χ1) is 21.9. The van der Waals surface area contributed by atoms with Gasteiger partial charge in [-0.2, -0.15) is 0 Å². The third-order valence-electron chi connectivity index (χ3n) is 8.27. The van der Waals surface area contributed by atoms with Gasteiger partial charge in [-0.3, -0.25) is 13.9 Å². The SMILES string of the molecule is CC[C@@H](C)NC(=O)[C@@H](Cc1ccccc1)N(Cc1ccc(Cl)cc1)C(=O)CN(c1cccc(C)c1C)S(=O)(=O)c1ccc(C)cc1. The lowest BCUT2D eigenvalue weighted by Crippen LogP contribution is -2.54. The van der Waals surface area contributed by atoms with Crippen LogP contribution in [0.5, 0.6) is 0 Å². The average Bonchev–Trinajstić information content (AvgIpc) is 3.04. The van der Waals surface area contributed by atoms with Crippen LogP contribution in [0.25, 0.3) is 0 Å². The number of benzene rings is 4. The Balaban J connectivity index is 1.83. The Morgan fingerprint density at radius 3 is 2.11 bits per heavy atom. The van der Waals surface area contributed by atoms with E-state index in [1.807, 2.05) is 71.0 Å². The van der Waals surface area contributed by atoms with Crippen LogP contribution in [-0.2, 0) is 32.6 Å². The summed E-state index contributed by atoms with van der Waals surface area (Å²) in [5, 5.41) is 3.60. The van der Waals surface area contributed by atoms with Gasteiger partial charge in [-0.05, 0) is 86.7 Å². The highest BCUT2D eigenvalue weighted by molar-refractivity contribution is 7.92. The molecule has 0 heterocycles. The molecular formula is C37H42ClN3O4S. The molecule has 0 unspecified atom stereocenters. The predicted octanol–water partition coefficient (Wildman–Crippen LogP) is 7.02. The van der Waals surface area contributed by atoms with Crippen LogP contribution in [0.3, 0.4) is 0 Å². The highest BCUT2D eigenvalue weighted by Gasteiger charge is 2.35. The van der Waals surface area contributed by atoms with Crippen LogP contribution in [0.2, 0.25) is 5.02 Å². The van der Waals surface area contributed by atoms with E-state index in [0.717, 1.165) is 27.8 Å². The third kappa shape index (κ3) is 8.56. The van der Waals surface area contributed by atoms with Crippen molar-refractivity contribution >= 4 is 39.1 Å². The lowest BCUT2D eigenvalue weighted by Gasteiger charge is -2.34. The molecule has 0 aliphatic carbocycles. The Hall–Kier alpha value is -4.14. The summed E-state index contributed by atoms with van der Waals surface area (Å²) in [4.78, 5) is 30.2. The molecule has 2 atom stereocenters. The summed E-state index contributed by atoms with van der Waals surface area (Å²) in [6, 6.07) is 27.5. The Bertz CT molecular complexity index is 1740. The number of halogens is 1. The number of aryl methyl sites for hydroxylation is 2. The average molecular weight is 660 g/mol. The topological polar surface area (TPSA) is 86.8 Å². The maximum atomic E-state index is 14.6. The molecule has 1 N–H and O–H groups in total. The van der Waals surface area contributed by atoms with E-state index in [2.05, 4.69) is 5.32 Å². The van der Waals surface area contributed by atoms with Gasteiger partial charge in [-0.15, -0.1) is 0 Å². The third-order valence-corrected chi connectivity index (χ3v) is 10.3. The van der Waals surface area contributed by atoms with E-state index in [4.69, 9.17) is 11.6 Å². The number of sulfonamides is 1. The Morgan fingerprint density at radius 2 is 1.48 bits per heavy atom. The van der Waals surface area contributed by atoms with Crippen LogP contribution >= 0.6 is 11.6 Å². The molecule has 0 spiro atoms. The highest BCUT2D eigenvalue weighted by Crippen LogP contribution is 2.29. The summed E-state index contributed by atoms with van der Waals surface area (Å²) in [5.41, 5.74) is 4.58. The number of amides is 2. The van der Waals surface area contributed by atoms with Crippen LogP contribution in [0.15, 0.2) is 102 Å². The number of anilines is 1. The number of nitrogens with zero attached hydrogens (tertiary/aromatic N) is 2. The van der Waals surface area contributed by atoms with Crippen molar-refractivity contribution in [3.8, 4) is 0 Å². The molecular weight excluding hydrogens is 618 g/mol. The van der Waals surface area contributed by atoms with Crippen molar-refractivity contribution < 1.29 is 18.0 Å². The summed E-state index contributed by atoms with van der Waals surface area (Å²) in [5.74, 6) is -0.813. The molecule has 7 nitrogen and oxygen atoms in total. The van der Waals surface area contributed by atoms with E-state index in [9.17, 15) is 18.0 Å². The van der Waals surface area contributed by atoms with Gasteiger partial charge in [-0.25, -0.2) is 8.42 Å². The van der Waals surface area contributed by atoms with Gasteiger partial charge in [0.1, 0.15) is 12.6 Å². The van der Waals surface area contributed by atoms with Gasteiger partial charge in [0.05, 0.1) is 10.6 Å². The number of carbonyl (C=O) groups excluding carboxylic acids is 2. The van der Waals surface area contributed by atoms with Gasteiger partial charge in [0.2, 0.25) is 11.8 Å². The highest BCUT2D eigenvalue weighted by atomic mass is 35.5. The van der Waals surface area contributed by atoms with E-state index >= 15 is 0 Å². The van der Waals surface area contributed by atoms with Crippen molar-refractivity contribution in [1.29, 1.82) is 0 Å². The number of nitrogens with one attached hydrogen (secondary N) is 1. The Labute approximate surface area is 278 Å². The van der Waals surface area contributed by atoms with Gasteiger partial charge in [-0.1, -0.05) is 90.8 Å². The Kier molecular flexibility index (Phi) is 11.7. The molecule has 4 aromatic rings. The first-order valence-corrected chi connectivity index (χ1v) is 17.3. The number of rotatable bonds is 13. The van der Waals surface area contributed by atoms with E-state index in [1.54, 1.807) is 60.7 Å². The lowest BCUT2D eigenvalue weighted by molar-refractivity contribution is -0.140. The fourth-order valence-electron chi connectivity index (χ4n) is 5.14. The summed E-state index contributed by atoms with van der Waals surface area (Å²) in [6.45, 7) is 9.09. The zero-order valence-corrected chi connectivity index (χ0v) is 28.6. The smallest absolute Gasteiger partial charge is 0.264 e. The molecule has 0 bridgehead atoms. The van der Waals surface area contributed by atoms with E-state index in [1.165, 1.54) is 9.21 Å². The van der Waals surface area contributed by atoms with Crippen molar-refractivity contribution in [3.05, 3.63) is 130 Å². The second-order valence-corrected chi connectivity index (χ2v) is 14.0. The minimum absolute atomic E-state index is 0.0754. The Morgan fingerprint density at radius 1 is 0.826 bits per heavy atom. The molecule has 0 aliphatic heterocycles. The summed E-state index contributed by atoms with van der Waals surface area (Å²) >= 11 is 6.17. The van der Waals surface area contributed by atoms with Crippen LogP contribution in [0.4, 0.5) is 5.69 Å². The monoisotopic (exact) mass is 659 g/mol. The molecule has 242 valence electrons. The largest absolute Gasteiger partial charge is 0.352 e. The van der Waals surface area contributed by atoms with Gasteiger partial charge in [0.25, 0.3) is 10.0 Å². The summed E-state index contributed by atoms with van der Waals surface area (Å²) < 4.78 is 29.8.